The van der Waals surface area contributed by atoms with E-state index in [1.54, 1.807) is 5.57 Å². The number of ether oxygens (including phenoxy) is 1. The first-order valence-corrected chi connectivity index (χ1v) is 10.8. The number of carbonyl (C=O) groups excluding carboxylic acids is 1. The summed E-state index contributed by atoms with van der Waals surface area (Å²) in [7, 11) is 0. The van der Waals surface area contributed by atoms with Crippen LogP contribution in [0.5, 0.6) is 0 Å². The second-order valence-corrected chi connectivity index (χ2v) is 10.2. The van der Waals surface area contributed by atoms with Gasteiger partial charge in [0, 0.05) is 13.3 Å². The van der Waals surface area contributed by atoms with E-state index in [0.717, 1.165) is 37.0 Å². The van der Waals surface area contributed by atoms with Crippen molar-refractivity contribution in [3.8, 4) is 0 Å². The number of aliphatic hydroxyl groups is 1. The molecule has 4 aliphatic carbocycles. The average Bonchev–Trinajstić information content (AvgIpc) is 2.92. The van der Waals surface area contributed by atoms with Gasteiger partial charge < -0.3 is 9.84 Å². The molecule has 0 aromatic rings. The summed E-state index contributed by atoms with van der Waals surface area (Å²) >= 11 is 0. The van der Waals surface area contributed by atoms with Crippen molar-refractivity contribution in [1.29, 1.82) is 0 Å². The number of esters is 1. The van der Waals surface area contributed by atoms with Gasteiger partial charge in [0.15, 0.2) is 0 Å². The molecule has 0 aromatic heterocycles. The van der Waals surface area contributed by atoms with Crippen LogP contribution in [-0.4, -0.2) is 23.3 Å². The Kier molecular flexibility index (Phi) is 4.53. The fraction of sp³-hybridized carbons (Fsp3) is 0.870. The third kappa shape index (κ3) is 2.68. The molecule has 0 spiro atoms. The molecule has 1 N–H and O–H groups in total. The monoisotopic (exact) mass is 360 g/mol. The van der Waals surface area contributed by atoms with Gasteiger partial charge in [-0.2, -0.15) is 0 Å². The fourth-order valence-electron chi connectivity index (χ4n) is 7.80. The molecule has 0 bridgehead atoms. The van der Waals surface area contributed by atoms with Crippen LogP contribution in [0.4, 0.5) is 0 Å². The topological polar surface area (TPSA) is 46.5 Å². The zero-order valence-corrected chi connectivity index (χ0v) is 17.0. The van der Waals surface area contributed by atoms with Gasteiger partial charge in [-0.1, -0.05) is 25.5 Å². The molecule has 0 aromatic carbocycles. The maximum absolute atomic E-state index is 11.4. The van der Waals surface area contributed by atoms with E-state index < -0.39 is 0 Å². The highest BCUT2D eigenvalue weighted by molar-refractivity contribution is 5.66. The van der Waals surface area contributed by atoms with Crippen LogP contribution in [0.1, 0.15) is 79.1 Å². The Morgan fingerprint density at radius 3 is 2.65 bits per heavy atom. The summed E-state index contributed by atoms with van der Waals surface area (Å²) < 4.78 is 5.54. The summed E-state index contributed by atoms with van der Waals surface area (Å²) in [6.45, 7) is 8.49. The standard InChI is InChI=1S/C23H36O3/c1-14(24)19-7-8-20-18-6-5-16-13-17(26-15(2)25)9-11-22(16,3)21(18)10-12-23(19,20)4/h5,14,17-21,24H,6-13H2,1-4H3/t14-,17-,18+,19-,20+,21+,22-,23-/m0/s1. The molecule has 4 aliphatic rings. The number of rotatable bonds is 2. The highest BCUT2D eigenvalue weighted by Crippen LogP contribution is 2.66. The summed E-state index contributed by atoms with van der Waals surface area (Å²) in [5.74, 6) is 2.65. The van der Waals surface area contributed by atoms with Crippen LogP contribution in [-0.2, 0) is 9.53 Å². The first-order chi connectivity index (χ1) is 12.3. The molecule has 146 valence electrons. The Balaban J connectivity index is 1.58. The highest BCUT2D eigenvalue weighted by atomic mass is 16.5. The van der Waals surface area contributed by atoms with Gasteiger partial charge in [-0.05, 0) is 86.4 Å². The number of hydrogen-bond donors (Lipinski definition) is 1. The predicted molar refractivity (Wildman–Crippen MR) is 102 cm³/mol. The van der Waals surface area contributed by atoms with Crippen LogP contribution in [0.2, 0.25) is 0 Å². The van der Waals surface area contributed by atoms with E-state index in [9.17, 15) is 9.90 Å². The number of aliphatic hydroxyl groups excluding tert-OH is 1. The zero-order chi connectivity index (χ0) is 18.7. The second kappa shape index (κ2) is 6.36. The summed E-state index contributed by atoms with van der Waals surface area (Å²) in [5.41, 5.74) is 2.18. The number of carbonyl (C=O) groups is 1. The number of fused-ring (bicyclic) bond motifs is 5. The van der Waals surface area contributed by atoms with Crippen LogP contribution >= 0.6 is 0 Å². The maximum Gasteiger partial charge on any atom is 0.302 e. The Morgan fingerprint density at radius 2 is 1.96 bits per heavy atom. The van der Waals surface area contributed by atoms with Gasteiger partial charge in [-0.3, -0.25) is 4.79 Å². The smallest absolute Gasteiger partial charge is 0.302 e. The molecule has 26 heavy (non-hydrogen) atoms. The first-order valence-electron chi connectivity index (χ1n) is 10.8. The van der Waals surface area contributed by atoms with Crippen molar-refractivity contribution >= 4 is 5.97 Å². The van der Waals surface area contributed by atoms with Gasteiger partial charge in [0.25, 0.3) is 0 Å². The molecule has 8 atom stereocenters. The molecule has 0 aliphatic heterocycles. The third-order valence-electron chi connectivity index (χ3n) is 9.05. The van der Waals surface area contributed by atoms with Gasteiger partial charge in [0.1, 0.15) is 6.10 Å². The van der Waals surface area contributed by atoms with Crippen LogP contribution in [0.15, 0.2) is 11.6 Å². The van der Waals surface area contributed by atoms with Crippen molar-refractivity contribution in [2.45, 2.75) is 91.3 Å². The number of hydrogen-bond acceptors (Lipinski definition) is 3. The quantitative estimate of drug-likeness (QED) is 0.564. The SMILES string of the molecule is CC(=O)O[C@H]1CC[C@@]2(C)C(=CC[C@@H]3[C@H]4CC[C@@H]([C@H](C)O)[C@]4(C)CC[C@H]32)C1. The molecule has 0 amide bonds. The van der Waals surface area contributed by atoms with E-state index >= 15 is 0 Å². The summed E-state index contributed by atoms with van der Waals surface area (Å²) in [6.07, 6.45) is 11.8. The van der Waals surface area contributed by atoms with Crippen LogP contribution < -0.4 is 0 Å². The normalized spacial score (nSPS) is 48.7. The largest absolute Gasteiger partial charge is 0.462 e. The molecule has 0 heterocycles. The first kappa shape index (κ1) is 18.5. The lowest BCUT2D eigenvalue weighted by Crippen LogP contribution is -2.51. The molecular formula is C23H36O3. The van der Waals surface area contributed by atoms with Crippen molar-refractivity contribution in [2.75, 3.05) is 0 Å². The van der Waals surface area contributed by atoms with E-state index in [1.807, 2.05) is 6.92 Å². The van der Waals surface area contributed by atoms with Gasteiger partial charge >= 0.3 is 5.97 Å². The van der Waals surface area contributed by atoms with Crippen molar-refractivity contribution in [1.82, 2.24) is 0 Å². The van der Waals surface area contributed by atoms with Crippen molar-refractivity contribution in [3.63, 3.8) is 0 Å². The third-order valence-corrected chi connectivity index (χ3v) is 9.05. The lowest BCUT2D eigenvalue weighted by molar-refractivity contribution is -0.148. The fourth-order valence-corrected chi connectivity index (χ4v) is 7.80. The molecule has 3 heteroatoms. The predicted octanol–water partition coefficient (Wildman–Crippen LogP) is 4.88. The summed E-state index contributed by atoms with van der Waals surface area (Å²) in [5, 5.41) is 10.3. The van der Waals surface area contributed by atoms with Crippen LogP contribution in [0.25, 0.3) is 0 Å². The number of allylic oxidation sites excluding steroid dienone is 1. The van der Waals surface area contributed by atoms with Crippen molar-refractivity contribution in [3.05, 3.63) is 11.6 Å². The Labute approximate surface area is 158 Å². The van der Waals surface area contributed by atoms with Crippen LogP contribution in [0.3, 0.4) is 0 Å². The van der Waals surface area contributed by atoms with Gasteiger partial charge in [-0.25, -0.2) is 0 Å². The maximum atomic E-state index is 11.4. The lowest BCUT2D eigenvalue weighted by Gasteiger charge is -2.58. The molecular weight excluding hydrogens is 324 g/mol. The molecule has 0 saturated heterocycles. The molecule has 0 unspecified atom stereocenters. The summed E-state index contributed by atoms with van der Waals surface area (Å²) in [4.78, 5) is 11.4. The average molecular weight is 361 g/mol. The van der Waals surface area contributed by atoms with Crippen LogP contribution in [0, 0.1) is 34.5 Å². The molecule has 3 fully saturated rings. The Morgan fingerprint density at radius 1 is 1.19 bits per heavy atom. The highest BCUT2D eigenvalue weighted by Gasteiger charge is 2.59. The van der Waals surface area contributed by atoms with E-state index in [4.69, 9.17) is 4.74 Å². The van der Waals surface area contributed by atoms with E-state index in [0.29, 0.717) is 16.7 Å². The molecule has 3 saturated carbocycles. The Hall–Kier alpha value is -0.830. The lowest BCUT2D eigenvalue weighted by atomic mass is 9.47. The second-order valence-electron chi connectivity index (χ2n) is 10.2. The van der Waals surface area contributed by atoms with Crippen molar-refractivity contribution < 1.29 is 14.6 Å². The van der Waals surface area contributed by atoms with E-state index in [1.165, 1.54) is 39.0 Å². The minimum atomic E-state index is -0.175. The van der Waals surface area contributed by atoms with E-state index in [-0.39, 0.29) is 18.2 Å². The summed E-state index contributed by atoms with van der Waals surface area (Å²) in [6, 6.07) is 0. The molecule has 4 rings (SSSR count). The molecule has 0 radical (unpaired) electrons. The Bertz CT molecular complexity index is 609. The van der Waals surface area contributed by atoms with Gasteiger partial charge in [0.05, 0.1) is 6.10 Å². The molecule has 3 nitrogen and oxygen atoms in total. The minimum Gasteiger partial charge on any atom is -0.462 e. The zero-order valence-electron chi connectivity index (χ0n) is 17.0. The van der Waals surface area contributed by atoms with Crippen molar-refractivity contribution in [2.24, 2.45) is 34.5 Å². The van der Waals surface area contributed by atoms with E-state index in [2.05, 4.69) is 19.9 Å². The van der Waals surface area contributed by atoms with Gasteiger partial charge in [0.2, 0.25) is 0 Å². The van der Waals surface area contributed by atoms with Gasteiger partial charge in [-0.15, -0.1) is 0 Å². The minimum absolute atomic E-state index is 0.0864.